The van der Waals surface area contributed by atoms with Crippen molar-refractivity contribution in [2.24, 2.45) is 5.92 Å². The molecule has 148 valence electrons. The second-order valence-corrected chi connectivity index (χ2v) is 8.65. The highest BCUT2D eigenvalue weighted by Crippen LogP contribution is 2.23. The molecular weight excluding hydrogens is 378 g/mol. The van der Waals surface area contributed by atoms with Crippen molar-refractivity contribution in [1.29, 1.82) is 0 Å². The first-order valence-electron chi connectivity index (χ1n) is 9.14. The summed E-state index contributed by atoms with van der Waals surface area (Å²) in [6, 6.07) is 17.4. The zero-order valence-corrected chi connectivity index (χ0v) is 16.2. The van der Waals surface area contributed by atoms with Crippen molar-refractivity contribution in [2.45, 2.75) is 24.2 Å². The van der Waals surface area contributed by atoms with Crippen molar-refractivity contribution in [2.75, 3.05) is 13.1 Å². The third kappa shape index (κ3) is 4.96. The van der Waals surface area contributed by atoms with Gasteiger partial charge in [0, 0.05) is 13.1 Å². The van der Waals surface area contributed by atoms with Crippen molar-refractivity contribution in [3.8, 4) is 0 Å². The molecule has 2 N–H and O–H groups in total. The summed E-state index contributed by atoms with van der Waals surface area (Å²) >= 11 is 0. The minimum atomic E-state index is -3.63. The Morgan fingerprint density at radius 1 is 0.964 bits per heavy atom. The molecule has 2 aromatic rings. The monoisotopic (exact) mass is 401 g/mol. The van der Waals surface area contributed by atoms with Crippen molar-refractivity contribution in [3.05, 3.63) is 66.2 Å². The van der Waals surface area contributed by atoms with E-state index in [2.05, 4.69) is 10.9 Å². The Hall–Kier alpha value is -2.71. The fourth-order valence-corrected chi connectivity index (χ4v) is 4.72. The molecule has 0 aliphatic carbocycles. The first kappa shape index (κ1) is 20.0. The Kier molecular flexibility index (Phi) is 6.43. The summed E-state index contributed by atoms with van der Waals surface area (Å²) in [7, 11) is -3.63. The molecule has 1 aliphatic heterocycles. The maximum absolute atomic E-state index is 12.7. The van der Waals surface area contributed by atoms with E-state index in [0.29, 0.717) is 19.4 Å². The minimum Gasteiger partial charge on any atom is -0.273 e. The van der Waals surface area contributed by atoms with E-state index in [0.717, 1.165) is 5.56 Å². The molecule has 7 nitrogen and oxygen atoms in total. The minimum absolute atomic E-state index is 0.0949. The van der Waals surface area contributed by atoms with Gasteiger partial charge in [0.15, 0.2) is 0 Å². The van der Waals surface area contributed by atoms with Gasteiger partial charge in [-0.3, -0.25) is 20.4 Å². The number of hydrogen-bond acceptors (Lipinski definition) is 4. The van der Waals surface area contributed by atoms with Crippen LogP contribution in [0.4, 0.5) is 0 Å². The zero-order chi connectivity index (χ0) is 20.0. The number of hydrazine groups is 1. The van der Waals surface area contributed by atoms with Gasteiger partial charge in [0.05, 0.1) is 17.2 Å². The second kappa shape index (κ2) is 8.99. The molecule has 1 unspecified atom stereocenters. The van der Waals surface area contributed by atoms with Crippen LogP contribution in [0.2, 0.25) is 0 Å². The predicted molar refractivity (Wildman–Crippen MR) is 104 cm³/mol. The standard InChI is InChI=1S/C20H23N3O4S/c24-19(14-16-8-3-1-4-9-16)21-22-20(25)17-10-7-13-23(15-17)28(26,27)18-11-5-2-6-12-18/h1-6,8-9,11-12,17H,7,10,13-15H2,(H,21,24)(H,22,25). The van der Waals surface area contributed by atoms with Gasteiger partial charge in [0.2, 0.25) is 21.8 Å². The van der Waals surface area contributed by atoms with Crippen LogP contribution in [0.25, 0.3) is 0 Å². The molecule has 1 atom stereocenters. The summed E-state index contributed by atoms with van der Waals surface area (Å²) < 4.78 is 26.8. The van der Waals surface area contributed by atoms with E-state index in [1.165, 1.54) is 4.31 Å². The first-order chi connectivity index (χ1) is 13.5. The SMILES string of the molecule is O=C(Cc1ccccc1)NNC(=O)C1CCCN(S(=O)(=O)c2ccccc2)C1. The average molecular weight is 401 g/mol. The van der Waals surface area contributed by atoms with Crippen molar-refractivity contribution < 1.29 is 18.0 Å². The Labute approximate surface area is 164 Å². The van der Waals surface area contributed by atoms with Crippen LogP contribution in [0, 0.1) is 5.92 Å². The molecule has 1 saturated heterocycles. The molecule has 0 saturated carbocycles. The van der Waals surface area contributed by atoms with E-state index in [-0.39, 0.29) is 29.7 Å². The maximum atomic E-state index is 12.7. The van der Waals surface area contributed by atoms with Gasteiger partial charge in [-0.15, -0.1) is 0 Å². The number of carbonyl (C=O) groups excluding carboxylic acids is 2. The van der Waals surface area contributed by atoms with E-state index < -0.39 is 15.9 Å². The van der Waals surface area contributed by atoms with Crippen molar-refractivity contribution >= 4 is 21.8 Å². The molecule has 0 bridgehead atoms. The lowest BCUT2D eigenvalue weighted by Crippen LogP contribution is -2.50. The molecule has 3 rings (SSSR count). The highest BCUT2D eigenvalue weighted by atomic mass is 32.2. The predicted octanol–water partition coefficient (Wildman–Crippen LogP) is 1.48. The van der Waals surface area contributed by atoms with Crippen molar-refractivity contribution in [3.63, 3.8) is 0 Å². The van der Waals surface area contributed by atoms with Crippen LogP contribution in [-0.4, -0.2) is 37.6 Å². The van der Waals surface area contributed by atoms with Crippen molar-refractivity contribution in [1.82, 2.24) is 15.2 Å². The van der Waals surface area contributed by atoms with E-state index in [1.54, 1.807) is 30.3 Å². The third-order valence-corrected chi connectivity index (χ3v) is 6.55. The fourth-order valence-electron chi connectivity index (χ4n) is 3.18. The number of piperidine rings is 1. The normalized spacial score (nSPS) is 17.6. The number of sulfonamides is 1. The van der Waals surface area contributed by atoms with Crippen LogP contribution in [-0.2, 0) is 26.0 Å². The lowest BCUT2D eigenvalue weighted by molar-refractivity contribution is -0.131. The Morgan fingerprint density at radius 2 is 1.61 bits per heavy atom. The molecule has 8 heteroatoms. The number of nitrogens with zero attached hydrogens (tertiary/aromatic N) is 1. The summed E-state index contributed by atoms with van der Waals surface area (Å²) in [5, 5.41) is 0. The topological polar surface area (TPSA) is 95.6 Å². The van der Waals surface area contributed by atoms with Gasteiger partial charge >= 0.3 is 0 Å². The van der Waals surface area contributed by atoms with Gasteiger partial charge in [-0.05, 0) is 30.5 Å². The number of rotatable bonds is 5. The van der Waals surface area contributed by atoms with E-state index in [4.69, 9.17) is 0 Å². The summed E-state index contributed by atoms with van der Waals surface area (Å²) in [5.74, 6) is -1.22. The molecule has 28 heavy (non-hydrogen) atoms. The summed E-state index contributed by atoms with van der Waals surface area (Å²) in [4.78, 5) is 24.6. The fraction of sp³-hybridized carbons (Fsp3) is 0.300. The summed E-state index contributed by atoms with van der Waals surface area (Å²) in [5.41, 5.74) is 5.67. The van der Waals surface area contributed by atoms with Gasteiger partial charge in [-0.2, -0.15) is 4.31 Å². The van der Waals surface area contributed by atoms with Crippen LogP contribution < -0.4 is 10.9 Å². The molecule has 1 aliphatic rings. The van der Waals surface area contributed by atoms with E-state index in [1.807, 2.05) is 30.3 Å². The molecule has 1 fully saturated rings. The Bertz CT molecular complexity index is 917. The van der Waals surface area contributed by atoms with Crippen LogP contribution in [0.1, 0.15) is 18.4 Å². The van der Waals surface area contributed by atoms with Gasteiger partial charge in [-0.25, -0.2) is 8.42 Å². The third-order valence-electron chi connectivity index (χ3n) is 4.67. The van der Waals surface area contributed by atoms with Gasteiger partial charge in [0.25, 0.3) is 0 Å². The van der Waals surface area contributed by atoms with E-state index in [9.17, 15) is 18.0 Å². The van der Waals surface area contributed by atoms with Crippen LogP contribution in [0.5, 0.6) is 0 Å². The number of hydrogen-bond donors (Lipinski definition) is 2. The smallest absolute Gasteiger partial charge is 0.243 e. The van der Waals surface area contributed by atoms with Crippen LogP contribution in [0.3, 0.4) is 0 Å². The molecule has 0 spiro atoms. The largest absolute Gasteiger partial charge is 0.273 e. The van der Waals surface area contributed by atoms with Crippen LogP contribution in [0.15, 0.2) is 65.6 Å². The molecular formula is C20H23N3O4S. The maximum Gasteiger partial charge on any atom is 0.243 e. The van der Waals surface area contributed by atoms with Crippen LogP contribution >= 0.6 is 0 Å². The summed E-state index contributed by atoms with van der Waals surface area (Å²) in [6.07, 6.45) is 1.31. The second-order valence-electron chi connectivity index (χ2n) is 6.72. The average Bonchev–Trinajstić information content (AvgIpc) is 2.73. The number of nitrogens with one attached hydrogen (secondary N) is 2. The zero-order valence-electron chi connectivity index (χ0n) is 15.4. The molecule has 2 amide bonds. The highest BCUT2D eigenvalue weighted by Gasteiger charge is 2.33. The number of benzene rings is 2. The van der Waals surface area contributed by atoms with Gasteiger partial charge in [-0.1, -0.05) is 48.5 Å². The Morgan fingerprint density at radius 3 is 2.29 bits per heavy atom. The lowest BCUT2D eigenvalue weighted by atomic mass is 9.99. The van der Waals surface area contributed by atoms with E-state index >= 15 is 0 Å². The number of amides is 2. The quantitative estimate of drug-likeness (QED) is 0.742. The molecule has 2 aromatic carbocycles. The number of carbonyl (C=O) groups is 2. The lowest BCUT2D eigenvalue weighted by Gasteiger charge is -2.31. The molecule has 0 radical (unpaired) electrons. The van der Waals surface area contributed by atoms with Gasteiger partial charge < -0.3 is 0 Å². The summed E-state index contributed by atoms with van der Waals surface area (Å²) in [6.45, 7) is 0.471. The van der Waals surface area contributed by atoms with Gasteiger partial charge in [0.1, 0.15) is 0 Å². The Balaban J connectivity index is 1.55. The molecule has 1 heterocycles. The molecule has 0 aromatic heterocycles. The highest BCUT2D eigenvalue weighted by molar-refractivity contribution is 7.89. The first-order valence-corrected chi connectivity index (χ1v) is 10.6.